The SMILES string of the molecule is Cc1ccc(C(=O)NC2CCCNC2)cc1[N+](=O)[O-]. The predicted molar refractivity (Wildman–Crippen MR) is 71.2 cm³/mol. The number of rotatable bonds is 3. The number of nitro groups is 1. The minimum Gasteiger partial charge on any atom is -0.348 e. The van der Waals surface area contributed by atoms with Crippen LogP contribution in [0, 0.1) is 17.0 Å². The van der Waals surface area contributed by atoms with Crippen molar-refractivity contribution in [3.05, 3.63) is 39.4 Å². The minimum absolute atomic E-state index is 0.0191. The van der Waals surface area contributed by atoms with Gasteiger partial charge in [-0.25, -0.2) is 0 Å². The van der Waals surface area contributed by atoms with Gasteiger partial charge in [-0.2, -0.15) is 0 Å². The molecule has 6 nitrogen and oxygen atoms in total. The summed E-state index contributed by atoms with van der Waals surface area (Å²) in [7, 11) is 0. The molecule has 0 saturated carbocycles. The largest absolute Gasteiger partial charge is 0.348 e. The molecule has 1 aromatic carbocycles. The molecule has 2 N–H and O–H groups in total. The molecule has 1 aliphatic heterocycles. The van der Waals surface area contributed by atoms with Gasteiger partial charge in [0.1, 0.15) is 0 Å². The Labute approximate surface area is 111 Å². The fourth-order valence-electron chi connectivity index (χ4n) is 2.19. The van der Waals surface area contributed by atoms with Crippen LogP contribution in [0.3, 0.4) is 0 Å². The van der Waals surface area contributed by atoms with Gasteiger partial charge in [0.25, 0.3) is 11.6 Å². The van der Waals surface area contributed by atoms with Gasteiger partial charge in [0, 0.05) is 29.8 Å². The lowest BCUT2D eigenvalue weighted by Gasteiger charge is -2.23. The Morgan fingerprint density at radius 1 is 1.53 bits per heavy atom. The number of amides is 1. The number of carbonyl (C=O) groups is 1. The number of nitro benzene ring substituents is 1. The van der Waals surface area contributed by atoms with Crippen LogP contribution >= 0.6 is 0 Å². The van der Waals surface area contributed by atoms with Gasteiger partial charge >= 0.3 is 0 Å². The number of piperidine rings is 1. The van der Waals surface area contributed by atoms with Crippen molar-refractivity contribution in [2.24, 2.45) is 0 Å². The molecule has 0 aliphatic carbocycles. The van der Waals surface area contributed by atoms with E-state index in [1.54, 1.807) is 19.1 Å². The molecular weight excluding hydrogens is 246 g/mol. The quantitative estimate of drug-likeness (QED) is 0.637. The maximum absolute atomic E-state index is 12.0. The predicted octanol–water partition coefficient (Wildman–Crippen LogP) is 1.39. The van der Waals surface area contributed by atoms with Crippen LogP contribution in [0.2, 0.25) is 0 Å². The van der Waals surface area contributed by atoms with E-state index in [1.807, 2.05) is 0 Å². The van der Waals surface area contributed by atoms with Gasteiger partial charge in [0.05, 0.1) is 4.92 Å². The van der Waals surface area contributed by atoms with Crippen molar-refractivity contribution < 1.29 is 9.72 Å². The van der Waals surface area contributed by atoms with E-state index in [9.17, 15) is 14.9 Å². The molecule has 1 unspecified atom stereocenters. The Hall–Kier alpha value is -1.95. The molecule has 0 aromatic heterocycles. The smallest absolute Gasteiger partial charge is 0.273 e. The van der Waals surface area contributed by atoms with Crippen LogP contribution in [-0.4, -0.2) is 30.0 Å². The van der Waals surface area contributed by atoms with Crippen LogP contribution in [0.4, 0.5) is 5.69 Å². The lowest BCUT2D eigenvalue weighted by molar-refractivity contribution is -0.385. The lowest BCUT2D eigenvalue weighted by atomic mass is 10.1. The molecule has 102 valence electrons. The van der Waals surface area contributed by atoms with Gasteiger partial charge in [-0.1, -0.05) is 6.07 Å². The first kappa shape index (κ1) is 13.5. The average Bonchev–Trinajstić information content (AvgIpc) is 2.40. The van der Waals surface area contributed by atoms with Gasteiger partial charge < -0.3 is 10.6 Å². The third kappa shape index (κ3) is 3.29. The van der Waals surface area contributed by atoms with Crippen LogP contribution in [0.5, 0.6) is 0 Å². The second kappa shape index (κ2) is 5.79. The van der Waals surface area contributed by atoms with E-state index in [-0.39, 0.29) is 17.6 Å². The Morgan fingerprint density at radius 3 is 2.95 bits per heavy atom. The maximum Gasteiger partial charge on any atom is 0.273 e. The molecule has 1 fully saturated rings. The monoisotopic (exact) mass is 263 g/mol. The highest BCUT2D eigenvalue weighted by Gasteiger charge is 2.19. The van der Waals surface area contributed by atoms with Crippen molar-refractivity contribution in [2.75, 3.05) is 13.1 Å². The van der Waals surface area contributed by atoms with Gasteiger partial charge in [0.15, 0.2) is 0 Å². The minimum atomic E-state index is -0.464. The van der Waals surface area contributed by atoms with E-state index >= 15 is 0 Å². The molecule has 1 atom stereocenters. The second-order valence-corrected chi connectivity index (χ2v) is 4.78. The molecule has 1 amide bonds. The molecule has 2 rings (SSSR count). The summed E-state index contributed by atoms with van der Waals surface area (Å²) < 4.78 is 0. The van der Waals surface area contributed by atoms with E-state index in [1.165, 1.54) is 6.07 Å². The molecular formula is C13H17N3O3. The van der Waals surface area contributed by atoms with Crippen molar-refractivity contribution in [3.63, 3.8) is 0 Å². The Bertz CT molecular complexity index is 496. The van der Waals surface area contributed by atoms with E-state index in [4.69, 9.17) is 0 Å². The lowest BCUT2D eigenvalue weighted by Crippen LogP contribution is -2.45. The summed E-state index contributed by atoms with van der Waals surface area (Å²) in [6.07, 6.45) is 1.96. The highest BCUT2D eigenvalue weighted by Crippen LogP contribution is 2.19. The summed E-state index contributed by atoms with van der Waals surface area (Å²) in [6, 6.07) is 4.66. The molecule has 1 aromatic rings. The zero-order valence-corrected chi connectivity index (χ0v) is 10.8. The van der Waals surface area contributed by atoms with Crippen LogP contribution in [-0.2, 0) is 0 Å². The van der Waals surface area contributed by atoms with Crippen molar-refractivity contribution in [2.45, 2.75) is 25.8 Å². The van der Waals surface area contributed by atoms with Crippen molar-refractivity contribution in [3.8, 4) is 0 Å². The van der Waals surface area contributed by atoms with Crippen molar-refractivity contribution >= 4 is 11.6 Å². The molecule has 1 heterocycles. The molecule has 19 heavy (non-hydrogen) atoms. The summed E-state index contributed by atoms with van der Waals surface area (Å²) in [4.78, 5) is 22.4. The van der Waals surface area contributed by atoms with Gasteiger partial charge in [-0.15, -0.1) is 0 Å². The molecule has 0 bridgehead atoms. The van der Waals surface area contributed by atoms with Gasteiger partial charge in [-0.3, -0.25) is 14.9 Å². The van der Waals surface area contributed by atoms with Crippen LogP contribution in [0.15, 0.2) is 18.2 Å². The molecule has 1 saturated heterocycles. The van der Waals surface area contributed by atoms with Crippen LogP contribution in [0.25, 0.3) is 0 Å². The first-order chi connectivity index (χ1) is 9.08. The van der Waals surface area contributed by atoms with Crippen molar-refractivity contribution in [1.29, 1.82) is 0 Å². The normalized spacial score (nSPS) is 18.9. The molecule has 0 spiro atoms. The van der Waals surface area contributed by atoms with Crippen LogP contribution < -0.4 is 10.6 Å². The number of carbonyl (C=O) groups excluding carboxylic acids is 1. The fourth-order valence-corrected chi connectivity index (χ4v) is 2.19. The first-order valence-corrected chi connectivity index (χ1v) is 6.34. The van der Waals surface area contributed by atoms with Crippen molar-refractivity contribution in [1.82, 2.24) is 10.6 Å². The van der Waals surface area contributed by atoms with E-state index in [2.05, 4.69) is 10.6 Å². The zero-order valence-electron chi connectivity index (χ0n) is 10.8. The van der Waals surface area contributed by atoms with Gasteiger partial charge in [0.2, 0.25) is 0 Å². The zero-order chi connectivity index (χ0) is 13.8. The van der Waals surface area contributed by atoms with Gasteiger partial charge in [-0.05, 0) is 32.4 Å². The summed E-state index contributed by atoms with van der Waals surface area (Å²) in [6.45, 7) is 3.38. The summed E-state index contributed by atoms with van der Waals surface area (Å²) in [5.41, 5.74) is 0.873. The molecule has 6 heteroatoms. The van der Waals surface area contributed by atoms with E-state index < -0.39 is 4.92 Å². The first-order valence-electron chi connectivity index (χ1n) is 6.34. The average molecular weight is 263 g/mol. The van der Waals surface area contributed by atoms with E-state index in [0.29, 0.717) is 11.1 Å². The third-order valence-electron chi connectivity index (χ3n) is 3.30. The number of nitrogens with one attached hydrogen (secondary N) is 2. The number of nitrogens with zero attached hydrogens (tertiary/aromatic N) is 1. The standard InChI is InChI=1S/C13H17N3O3/c1-9-4-5-10(7-12(9)16(18)19)13(17)15-11-3-2-6-14-8-11/h4-5,7,11,14H,2-3,6,8H2,1H3,(H,15,17). The summed E-state index contributed by atoms with van der Waals surface area (Å²) >= 11 is 0. The maximum atomic E-state index is 12.0. The third-order valence-corrected chi connectivity index (χ3v) is 3.30. The Kier molecular flexibility index (Phi) is 4.11. The molecule has 0 radical (unpaired) electrons. The fraction of sp³-hybridized carbons (Fsp3) is 0.462. The summed E-state index contributed by atoms with van der Waals surface area (Å²) in [5.74, 6) is -0.253. The molecule has 1 aliphatic rings. The Balaban J connectivity index is 2.10. The van der Waals surface area contributed by atoms with E-state index in [0.717, 1.165) is 25.9 Å². The number of hydrogen-bond donors (Lipinski definition) is 2. The highest BCUT2D eigenvalue weighted by atomic mass is 16.6. The number of hydrogen-bond acceptors (Lipinski definition) is 4. The van der Waals surface area contributed by atoms with Crippen LogP contribution in [0.1, 0.15) is 28.8 Å². The number of aryl methyl sites for hydroxylation is 1. The highest BCUT2D eigenvalue weighted by molar-refractivity contribution is 5.95. The second-order valence-electron chi connectivity index (χ2n) is 4.78. The number of benzene rings is 1. The summed E-state index contributed by atoms with van der Waals surface area (Å²) in [5, 5.41) is 17.0. The Morgan fingerprint density at radius 2 is 2.32 bits per heavy atom. The topological polar surface area (TPSA) is 84.3 Å².